The Labute approximate surface area is 118 Å². The molecule has 1 atom stereocenters. The zero-order valence-corrected chi connectivity index (χ0v) is 12.0. The van der Waals surface area contributed by atoms with E-state index < -0.39 is 17.5 Å². The van der Waals surface area contributed by atoms with E-state index in [1.165, 1.54) is 11.8 Å². The van der Waals surface area contributed by atoms with Crippen LogP contribution in [-0.4, -0.2) is 49.2 Å². The summed E-state index contributed by atoms with van der Waals surface area (Å²) in [6.45, 7) is 2.61. The molecule has 6 nitrogen and oxygen atoms in total. The molecule has 0 saturated heterocycles. The maximum absolute atomic E-state index is 12.1. The van der Waals surface area contributed by atoms with Gasteiger partial charge in [0.15, 0.2) is 5.54 Å². The van der Waals surface area contributed by atoms with Crippen LogP contribution in [0.2, 0.25) is 0 Å². The van der Waals surface area contributed by atoms with Crippen LogP contribution < -0.4 is 10.6 Å². The van der Waals surface area contributed by atoms with Crippen molar-refractivity contribution in [2.75, 3.05) is 27.2 Å². The van der Waals surface area contributed by atoms with E-state index in [-0.39, 0.29) is 0 Å². The van der Waals surface area contributed by atoms with E-state index in [4.69, 9.17) is 0 Å². The smallest absolute Gasteiger partial charge is 0.333 e. The molecule has 1 unspecified atom stereocenters. The summed E-state index contributed by atoms with van der Waals surface area (Å²) in [6, 6.07) is 8.23. The number of hydrogen-bond acceptors (Lipinski definition) is 3. The van der Waals surface area contributed by atoms with Gasteiger partial charge in [-0.05, 0) is 19.5 Å². The van der Waals surface area contributed by atoms with Crippen molar-refractivity contribution < 1.29 is 14.7 Å². The van der Waals surface area contributed by atoms with Crippen molar-refractivity contribution in [2.45, 2.75) is 12.5 Å². The van der Waals surface area contributed by atoms with E-state index >= 15 is 0 Å². The number of carboxylic acids is 1. The maximum atomic E-state index is 12.1. The molecule has 6 heteroatoms. The summed E-state index contributed by atoms with van der Waals surface area (Å²) in [6.07, 6.45) is 0. The summed E-state index contributed by atoms with van der Waals surface area (Å²) in [5.41, 5.74) is -0.922. The van der Waals surface area contributed by atoms with Crippen LogP contribution in [-0.2, 0) is 10.3 Å². The highest BCUT2D eigenvalue weighted by molar-refractivity contribution is 5.87. The lowest BCUT2D eigenvalue weighted by Crippen LogP contribution is -2.53. The normalized spacial score (nSPS) is 13.3. The van der Waals surface area contributed by atoms with Gasteiger partial charge in [0.25, 0.3) is 0 Å². The van der Waals surface area contributed by atoms with Crippen molar-refractivity contribution in [3.05, 3.63) is 35.9 Å². The monoisotopic (exact) mass is 279 g/mol. The molecule has 0 fully saturated rings. The van der Waals surface area contributed by atoms with Gasteiger partial charge in [0.2, 0.25) is 0 Å². The third-order valence-corrected chi connectivity index (χ3v) is 3.18. The number of nitrogens with one attached hydrogen (secondary N) is 2. The molecule has 1 aromatic rings. The van der Waals surface area contributed by atoms with Crippen LogP contribution >= 0.6 is 0 Å². The van der Waals surface area contributed by atoms with Crippen molar-refractivity contribution in [3.63, 3.8) is 0 Å². The minimum Gasteiger partial charge on any atom is -0.479 e. The Balaban J connectivity index is 2.88. The second-order valence-corrected chi connectivity index (χ2v) is 4.75. The van der Waals surface area contributed by atoms with Crippen LogP contribution in [0.3, 0.4) is 0 Å². The molecule has 0 radical (unpaired) electrons. The van der Waals surface area contributed by atoms with Crippen molar-refractivity contribution >= 4 is 12.0 Å². The van der Waals surface area contributed by atoms with Gasteiger partial charge in [0.05, 0.1) is 0 Å². The topological polar surface area (TPSA) is 81.7 Å². The molecule has 20 heavy (non-hydrogen) atoms. The number of nitrogens with zero attached hydrogens (tertiary/aromatic N) is 1. The standard InChI is InChI=1S/C14H21N3O3/c1-14(12(18)19,11-7-5-4-6-8-11)16-13(20)17(3)10-9-15-2/h4-8,15H,9-10H2,1-3H3,(H,16,20)(H,18,19). The van der Waals surface area contributed by atoms with Crippen LogP contribution in [0, 0.1) is 0 Å². The highest BCUT2D eigenvalue weighted by Crippen LogP contribution is 2.21. The largest absolute Gasteiger partial charge is 0.479 e. The predicted molar refractivity (Wildman–Crippen MR) is 76.5 cm³/mol. The van der Waals surface area contributed by atoms with Crippen LogP contribution in [0.15, 0.2) is 30.3 Å². The van der Waals surface area contributed by atoms with Crippen LogP contribution in [0.1, 0.15) is 12.5 Å². The minimum absolute atomic E-state index is 0.422. The van der Waals surface area contributed by atoms with Gasteiger partial charge in [-0.1, -0.05) is 30.3 Å². The molecule has 0 aliphatic heterocycles. The van der Waals surface area contributed by atoms with E-state index in [0.29, 0.717) is 18.7 Å². The van der Waals surface area contributed by atoms with Crippen molar-refractivity contribution in [2.24, 2.45) is 0 Å². The van der Waals surface area contributed by atoms with Gasteiger partial charge in [0, 0.05) is 20.1 Å². The SMILES string of the molecule is CNCCN(C)C(=O)NC(C)(C(=O)O)c1ccccc1. The number of carbonyl (C=O) groups is 2. The molecular formula is C14H21N3O3. The predicted octanol–water partition coefficient (Wildman–Crippen LogP) is 0.847. The molecule has 0 spiro atoms. The molecule has 0 aliphatic carbocycles. The lowest BCUT2D eigenvalue weighted by molar-refractivity contribution is -0.144. The summed E-state index contributed by atoms with van der Waals surface area (Å²) in [4.78, 5) is 25.1. The molecule has 2 amide bonds. The lowest BCUT2D eigenvalue weighted by atomic mass is 9.92. The van der Waals surface area contributed by atoms with Gasteiger partial charge < -0.3 is 20.6 Å². The molecule has 0 heterocycles. The number of benzene rings is 1. The van der Waals surface area contributed by atoms with E-state index in [2.05, 4.69) is 10.6 Å². The lowest BCUT2D eigenvalue weighted by Gasteiger charge is -2.29. The fraction of sp³-hybridized carbons (Fsp3) is 0.429. The van der Waals surface area contributed by atoms with E-state index in [1.54, 1.807) is 44.4 Å². The number of aliphatic carboxylic acids is 1. The summed E-state index contributed by atoms with van der Waals surface area (Å²) in [7, 11) is 3.41. The Bertz CT molecular complexity index is 464. The molecule has 0 aliphatic rings. The molecule has 0 saturated carbocycles. The quantitative estimate of drug-likeness (QED) is 0.721. The van der Waals surface area contributed by atoms with Gasteiger partial charge >= 0.3 is 12.0 Å². The van der Waals surface area contributed by atoms with Crippen molar-refractivity contribution in [1.82, 2.24) is 15.5 Å². The first-order chi connectivity index (χ1) is 9.41. The average molecular weight is 279 g/mol. The van der Waals surface area contributed by atoms with Crippen LogP contribution in [0.25, 0.3) is 0 Å². The summed E-state index contributed by atoms with van der Waals surface area (Å²) in [5, 5.41) is 15.0. The number of carbonyl (C=O) groups excluding carboxylic acids is 1. The summed E-state index contributed by atoms with van der Waals surface area (Å²) < 4.78 is 0. The summed E-state index contributed by atoms with van der Waals surface area (Å²) >= 11 is 0. The molecule has 0 bridgehead atoms. The van der Waals surface area contributed by atoms with E-state index in [0.717, 1.165) is 0 Å². The average Bonchev–Trinajstić information content (AvgIpc) is 2.45. The Hall–Kier alpha value is -2.08. The number of carboxylic acid groups (broad SMARTS) is 1. The van der Waals surface area contributed by atoms with Crippen LogP contribution in [0.5, 0.6) is 0 Å². The van der Waals surface area contributed by atoms with Gasteiger partial charge in [0.1, 0.15) is 0 Å². The Morgan fingerprint density at radius 1 is 1.30 bits per heavy atom. The Morgan fingerprint density at radius 3 is 2.40 bits per heavy atom. The number of rotatable bonds is 6. The Kier molecular flexibility index (Phi) is 5.52. The highest BCUT2D eigenvalue weighted by atomic mass is 16.4. The molecular weight excluding hydrogens is 258 g/mol. The second kappa shape index (κ2) is 6.91. The molecule has 3 N–H and O–H groups in total. The number of amides is 2. The molecule has 0 aromatic heterocycles. The number of hydrogen-bond donors (Lipinski definition) is 3. The van der Waals surface area contributed by atoms with Crippen LogP contribution in [0.4, 0.5) is 4.79 Å². The fourth-order valence-electron chi connectivity index (χ4n) is 1.71. The molecule has 1 rings (SSSR count). The van der Waals surface area contributed by atoms with Gasteiger partial charge in [-0.25, -0.2) is 9.59 Å². The second-order valence-electron chi connectivity index (χ2n) is 4.75. The minimum atomic E-state index is -1.45. The maximum Gasteiger partial charge on any atom is 0.333 e. The summed E-state index contributed by atoms with van der Waals surface area (Å²) in [5.74, 6) is -1.10. The first kappa shape index (κ1) is 16.0. The molecule has 110 valence electrons. The Morgan fingerprint density at radius 2 is 1.90 bits per heavy atom. The number of likely N-dealkylation sites (N-methyl/N-ethyl adjacent to an activating group) is 2. The van der Waals surface area contributed by atoms with Gasteiger partial charge in [-0.3, -0.25) is 0 Å². The highest BCUT2D eigenvalue weighted by Gasteiger charge is 2.37. The van der Waals surface area contributed by atoms with E-state index in [1.807, 2.05) is 0 Å². The fourth-order valence-corrected chi connectivity index (χ4v) is 1.71. The van der Waals surface area contributed by atoms with Gasteiger partial charge in [-0.15, -0.1) is 0 Å². The van der Waals surface area contributed by atoms with E-state index in [9.17, 15) is 14.7 Å². The van der Waals surface area contributed by atoms with Crippen molar-refractivity contribution in [3.8, 4) is 0 Å². The zero-order chi connectivity index (χ0) is 15.2. The first-order valence-electron chi connectivity index (χ1n) is 6.38. The first-order valence-corrected chi connectivity index (χ1v) is 6.38. The van der Waals surface area contributed by atoms with Crippen molar-refractivity contribution in [1.29, 1.82) is 0 Å². The third kappa shape index (κ3) is 3.71. The zero-order valence-electron chi connectivity index (χ0n) is 12.0. The molecule has 1 aromatic carbocycles. The third-order valence-electron chi connectivity index (χ3n) is 3.18. The number of urea groups is 1. The van der Waals surface area contributed by atoms with Gasteiger partial charge in [-0.2, -0.15) is 0 Å².